The van der Waals surface area contributed by atoms with Gasteiger partial charge in [-0.15, -0.1) is 10.2 Å². The number of anilines is 1. The van der Waals surface area contributed by atoms with E-state index in [9.17, 15) is 18.4 Å². The molecule has 0 saturated heterocycles. The second kappa shape index (κ2) is 9.22. The summed E-state index contributed by atoms with van der Waals surface area (Å²) < 4.78 is 36.7. The van der Waals surface area contributed by atoms with Crippen molar-refractivity contribution in [3.8, 4) is 17.1 Å². The number of amides is 1. The van der Waals surface area contributed by atoms with Crippen LogP contribution in [0.3, 0.4) is 0 Å². The largest absolute Gasteiger partial charge is 0.464 e. The van der Waals surface area contributed by atoms with Crippen molar-refractivity contribution in [2.24, 2.45) is 0 Å². The summed E-state index contributed by atoms with van der Waals surface area (Å²) in [7, 11) is 1.16. The van der Waals surface area contributed by atoms with Crippen molar-refractivity contribution in [2.75, 3.05) is 12.4 Å². The number of benzene rings is 2. The van der Waals surface area contributed by atoms with Crippen molar-refractivity contribution in [1.82, 2.24) is 24.3 Å². The summed E-state index contributed by atoms with van der Waals surface area (Å²) >= 11 is 0. The molecule has 2 aromatic heterocycles. The zero-order chi connectivity index (χ0) is 24.4. The van der Waals surface area contributed by atoms with E-state index in [-0.39, 0.29) is 17.4 Å². The summed E-state index contributed by atoms with van der Waals surface area (Å²) in [6.45, 7) is 3.97. The molecule has 1 amide bonds. The molecule has 0 aliphatic carbocycles. The lowest BCUT2D eigenvalue weighted by Crippen LogP contribution is -2.16. The van der Waals surface area contributed by atoms with Crippen LogP contribution in [0, 0.1) is 11.6 Å². The number of imidazole rings is 1. The van der Waals surface area contributed by atoms with E-state index >= 15 is 0 Å². The number of methoxy groups -OCH3 is 1. The molecule has 0 atom stereocenters. The maximum Gasteiger partial charge on any atom is 0.356 e. The van der Waals surface area contributed by atoms with Gasteiger partial charge in [-0.1, -0.05) is 12.1 Å². The van der Waals surface area contributed by atoms with E-state index in [1.165, 1.54) is 12.5 Å². The van der Waals surface area contributed by atoms with Crippen molar-refractivity contribution >= 4 is 17.6 Å². The fourth-order valence-corrected chi connectivity index (χ4v) is 3.40. The number of rotatable bonds is 6. The van der Waals surface area contributed by atoms with Crippen LogP contribution >= 0.6 is 0 Å². The van der Waals surface area contributed by atoms with Crippen molar-refractivity contribution in [3.63, 3.8) is 0 Å². The van der Waals surface area contributed by atoms with Gasteiger partial charge in [-0.25, -0.2) is 18.6 Å². The number of nitrogens with zero attached hydrogens (tertiary/aromatic N) is 5. The van der Waals surface area contributed by atoms with Crippen LogP contribution in [0.15, 0.2) is 55.2 Å². The predicted octanol–water partition coefficient (Wildman–Crippen LogP) is 4.03. The van der Waals surface area contributed by atoms with Crippen LogP contribution in [-0.2, 0) is 4.74 Å². The van der Waals surface area contributed by atoms with Crippen LogP contribution in [-0.4, -0.2) is 43.3 Å². The molecule has 9 nitrogen and oxygen atoms in total. The normalized spacial score (nSPS) is 11.0. The molecule has 0 unspecified atom stereocenters. The molecule has 0 aliphatic heterocycles. The Labute approximate surface area is 193 Å². The average Bonchev–Trinajstić information content (AvgIpc) is 3.49. The molecule has 0 bridgehead atoms. The number of hydrogen-bond donors (Lipinski definition) is 1. The highest BCUT2D eigenvalue weighted by Gasteiger charge is 2.21. The minimum Gasteiger partial charge on any atom is -0.464 e. The molecule has 2 aromatic carbocycles. The number of halogens is 2. The third-order valence-corrected chi connectivity index (χ3v) is 5.08. The molecule has 4 aromatic rings. The Morgan fingerprint density at radius 3 is 2.62 bits per heavy atom. The predicted molar refractivity (Wildman–Crippen MR) is 119 cm³/mol. The lowest BCUT2D eigenvalue weighted by molar-refractivity contribution is 0.0591. The average molecular weight is 466 g/mol. The first kappa shape index (κ1) is 22.8. The van der Waals surface area contributed by atoms with Gasteiger partial charge >= 0.3 is 5.97 Å². The smallest absolute Gasteiger partial charge is 0.356 e. The molecule has 0 fully saturated rings. The summed E-state index contributed by atoms with van der Waals surface area (Å²) in [5.74, 6) is -3.00. The van der Waals surface area contributed by atoms with Crippen molar-refractivity contribution in [1.29, 1.82) is 0 Å². The summed E-state index contributed by atoms with van der Waals surface area (Å²) in [6, 6.07) is 8.53. The maximum absolute atomic E-state index is 14.6. The second-order valence-electron chi connectivity index (χ2n) is 7.61. The number of hydrogen-bond acceptors (Lipinski definition) is 6. The van der Waals surface area contributed by atoms with E-state index in [2.05, 4.69) is 25.2 Å². The number of ether oxygens (including phenoxy) is 1. The Bertz CT molecular complexity index is 1380. The van der Waals surface area contributed by atoms with E-state index in [0.29, 0.717) is 23.1 Å². The topological polar surface area (TPSA) is 104 Å². The van der Waals surface area contributed by atoms with Gasteiger partial charge in [-0.05, 0) is 32.0 Å². The summed E-state index contributed by atoms with van der Waals surface area (Å²) in [4.78, 5) is 28.6. The highest BCUT2D eigenvalue weighted by atomic mass is 19.1. The van der Waals surface area contributed by atoms with Gasteiger partial charge in [-0.2, -0.15) is 0 Å². The van der Waals surface area contributed by atoms with Gasteiger partial charge in [0.1, 0.15) is 18.0 Å². The number of esters is 1. The van der Waals surface area contributed by atoms with Crippen LogP contribution in [0.5, 0.6) is 0 Å². The maximum atomic E-state index is 14.6. The molecule has 0 radical (unpaired) electrons. The fourth-order valence-electron chi connectivity index (χ4n) is 3.40. The Morgan fingerprint density at radius 2 is 1.88 bits per heavy atom. The highest BCUT2D eigenvalue weighted by Crippen LogP contribution is 2.25. The van der Waals surface area contributed by atoms with Crippen LogP contribution in [0.4, 0.5) is 14.5 Å². The van der Waals surface area contributed by atoms with Gasteiger partial charge < -0.3 is 14.6 Å². The molecule has 11 heteroatoms. The number of carbonyl (C=O) groups is 2. The van der Waals surface area contributed by atoms with E-state index in [1.807, 2.05) is 24.5 Å². The van der Waals surface area contributed by atoms with Gasteiger partial charge in [0.25, 0.3) is 5.91 Å². The van der Waals surface area contributed by atoms with Gasteiger partial charge in [0.2, 0.25) is 0 Å². The molecule has 0 spiro atoms. The number of nitrogens with one attached hydrogen (secondary N) is 1. The van der Waals surface area contributed by atoms with E-state index < -0.39 is 29.1 Å². The van der Waals surface area contributed by atoms with Crippen molar-refractivity contribution in [3.05, 3.63) is 78.1 Å². The molecule has 0 saturated carbocycles. The molecular weight excluding hydrogens is 446 g/mol. The zero-order valence-corrected chi connectivity index (χ0v) is 18.5. The quantitative estimate of drug-likeness (QED) is 0.431. The monoisotopic (exact) mass is 466 g/mol. The van der Waals surface area contributed by atoms with E-state index in [1.54, 1.807) is 24.5 Å². The first-order chi connectivity index (χ1) is 16.3. The molecule has 2 heterocycles. The Morgan fingerprint density at radius 1 is 1.09 bits per heavy atom. The van der Waals surface area contributed by atoms with Crippen LogP contribution in [0.1, 0.15) is 40.7 Å². The Kier molecular flexibility index (Phi) is 6.17. The molecule has 0 aliphatic rings. The SMILES string of the molecule is COC(=O)c1cncn1-c1cc(C(=O)Nc2cccc(-c3nncn3C(C)C)c2)c(F)cc1F. The molecule has 4 rings (SSSR count). The summed E-state index contributed by atoms with van der Waals surface area (Å²) in [5, 5.41) is 10.7. The van der Waals surface area contributed by atoms with Crippen molar-refractivity contribution in [2.45, 2.75) is 19.9 Å². The number of aromatic nitrogens is 5. The standard InChI is InChI=1S/C23H20F2N6O3/c1-13(2)30-12-27-29-21(30)14-5-4-6-15(7-14)28-22(32)16-8-19(18(25)9-17(16)24)31-11-26-10-20(31)23(33)34-3/h4-13H,1-3H3,(H,28,32). The van der Waals surface area contributed by atoms with Crippen molar-refractivity contribution < 1.29 is 23.1 Å². The lowest BCUT2D eigenvalue weighted by atomic mass is 10.1. The second-order valence-corrected chi connectivity index (χ2v) is 7.61. The number of carbonyl (C=O) groups excluding carboxylic acids is 2. The van der Waals surface area contributed by atoms with Crippen LogP contribution in [0.25, 0.3) is 17.1 Å². The van der Waals surface area contributed by atoms with E-state index in [4.69, 9.17) is 0 Å². The third kappa shape index (κ3) is 4.27. The van der Waals surface area contributed by atoms with E-state index in [0.717, 1.165) is 17.7 Å². The Hall–Kier alpha value is -4.41. The van der Waals surface area contributed by atoms with Gasteiger partial charge in [0, 0.05) is 23.4 Å². The van der Waals surface area contributed by atoms with Gasteiger partial charge in [-0.3, -0.25) is 9.36 Å². The molecule has 174 valence electrons. The van der Waals surface area contributed by atoms with Gasteiger partial charge in [0.15, 0.2) is 11.5 Å². The minimum atomic E-state index is -1.06. The highest BCUT2D eigenvalue weighted by molar-refractivity contribution is 6.05. The molecular formula is C23H20F2N6O3. The molecule has 1 N–H and O–H groups in total. The summed E-state index contributed by atoms with van der Waals surface area (Å²) in [6.07, 6.45) is 3.95. The Balaban J connectivity index is 1.66. The van der Waals surface area contributed by atoms with Crippen LogP contribution < -0.4 is 5.32 Å². The first-order valence-corrected chi connectivity index (χ1v) is 10.2. The lowest BCUT2D eigenvalue weighted by Gasteiger charge is -2.13. The third-order valence-electron chi connectivity index (χ3n) is 5.08. The molecule has 34 heavy (non-hydrogen) atoms. The van der Waals surface area contributed by atoms with Gasteiger partial charge in [0.05, 0.1) is 30.9 Å². The first-order valence-electron chi connectivity index (χ1n) is 10.2. The summed E-state index contributed by atoms with van der Waals surface area (Å²) in [5.41, 5.74) is 0.343. The fraction of sp³-hybridized carbons (Fsp3) is 0.174. The minimum absolute atomic E-state index is 0.0821. The van der Waals surface area contributed by atoms with Crippen LogP contribution in [0.2, 0.25) is 0 Å². The zero-order valence-electron chi connectivity index (χ0n) is 18.5.